The van der Waals surface area contributed by atoms with E-state index in [1.165, 1.54) is 21.6 Å². The topological polar surface area (TPSA) is 20.2 Å². The number of hydrogen-bond acceptors (Lipinski definition) is 2. The Labute approximate surface area is 152 Å². The predicted molar refractivity (Wildman–Crippen MR) is 107 cm³/mol. The van der Waals surface area contributed by atoms with Gasteiger partial charge in [0.15, 0.2) is 0 Å². The van der Waals surface area contributed by atoms with Crippen LogP contribution in [0, 0.1) is 0 Å². The molecule has 122 valence electrons. The largest absolute Gasteiger partial charge is 0.508 e. The number of thioether (sulfide) groups is 1. The van der Waals surface area contributed by atoms with Crippen molar-refractivity contribution in [3.63, 3.8) is 0 Å². The zero-order valence-corrected chi connectivity index (χ0v) is 14.5. The van der Waals surface area contributed by atoms with Gasteiger partial charge in [-0.25, -0.2) is 0 Å². The molecule has 0 aromatic heterocycles. The summed E-state index contributed by atoms with van der Waals surface area (Å²) in [7, 11) is 0. The molecule has 25 heavy (non-hydrogen) atoms. The highest BCUT2D eigenvalue weighted by Gasteiger charge is 2.08. The Kier molecular flexibility index (Phi) is 4.45. The van der Waals surface area contributed by atoms with E-state index in [1.807, 2.05) is 36.0 Å². The lowest BCUT2D eigenvalue weighted by molar-refractivity contribution is 0.476. The molecule has 2 heteroatoms. The fourth-order valence-electron chi connectivity index (χ4n) is 3.04. The second-order valence-corrected chi connectivity index (χ2v) is 7.07. The van der Waals surface area contributed by atoms with E-state index < -0.39 is 0 Å². The number of fused-ring (bicyclic) bond motifs is 1. The smallest absolute Gasteiger partial charge is 0.116 e. The standard InChI is InChI=1S/C23H18OS/c24-20-11-12-22-19(15-20)13-17(16-25-21-9-5-2-6-10-21)14-23(22)18-7-3-1-4-8-18/h1-15,24H,16H2. The Morgan fingerprint density at radius 2 is 1.44 bits per heavy atom. The van der Waals surface area contributed by atoms with E-state index >= 15 is 0 Å². The van der Waals surface area contributed by atoms with Crippen molar-refractivity contribution in [2.75, 3.05) is 0 Å². The number of aromatic hydroxyl groups is 1. The molecule has 0 saturated heterocycles. The lowest BCUT2D eigenvalue weighted by Crippen LogP contribution is -1.87. The van der Waals surface area contributed by atoms with E-state index in [1.54, 1.807) is 6.07 Å². The SMILES string of the molecule is Oc1ccc2c(-c3ccccc3)cc(CSc3ccccc3)cc2c1. The van der Waals surface area contributed by atoms with Gasteiger partial charge < -0.3 is 5.11 Å². The highest BCUT2D eigenvalue weighted by atomic mass is 32.2. The summed E-state index contributed by atoms with van der Waals surface area (Å²) in [6.07, 6.45) is 0. The van der Waals surface area contributed by atoms with Gasteiger partial charge in [0.05, 0.1) is 0 Å². The molecule has 4 aromatic rings. The molecule has 0 spiro atoms. The molecule has 0 aliphatic carbocycles. The molecule has 0 amide bonds. The Bertz CT molecular complexity index is 994. The van der Waals surface area contributed by atoms with Crippen molar-refractivity contribution < 1.29 is 5.11 Å². The minimum Gasteiger partial charge on any atom is -0.508 e. The molecular weight excluding hydrogens is 324 g/mol. The van der Waals surface area contributed by atoms with Crippen LogP contribution in [-0.2, 0) is 5.75 Å². The van der Waals surface area contributed by atoms with Crippen LogP contribution in [0.15, 0.2) is 95.9 Å². The van der Waals surface area contributed by atoms with Gasteiger partial charge in [-0.1, -0.05) is 60.7 Å². The second kappa shape index (κ2) is 7.04. The lowest BCUT2D eigenvalue weighted by atomic mass is 9.96. The number of phenols is 1. The van der Waals surface area contributed by atoms with Crippen molar-refractivity contribution >= 4 is 22.5 Å². The van der Waals surface area contributed by atoms with Gasteiger partial charge in [0.2, 0.25) is 0 Å². The maximum absolute atomic E-state index is 9.89. The molecule has 1 N–H and O–H groups in total. The summed E-state index contributed by atoms with van der Waals surface area (Å²) in [5, 5.41) is 12.1. The van der Waals surface area contributed by atoms with Gasteiger partial charge in [0.1, 0.15) is 5.75 Å². The highest BCUT2D eigenvalue weighted by Crippen LogP contribution is 2.34. The average molecular weight is 342 g/mol. The van der Waals surface area contributed by atoms with Crippen LogP contribution in [0.1, 0.15) is 5.56 Å². The number of rotatable bonds is 4. The Hall–Kier alpha value is -2.71. The van der Waals surface area contributed by atoms with Crippen molar-refractivity contribution in [2.45, 2.75) is 10.6 Å². The van der Waals surface area contributed by atoms with Crippen LogP contribution < -0.4 is 0 Å². The predicted octanol–water partition coefficient (Wildman–Crippen LogP) is 6.50. The molecule has 0 radical (unpaired) electrons. The Morgan fingerprint density at radius 1 is 0.720 bits per heavy atom. The molecule has 0 bridgehead atoms. The third-order valence-electron chi connectivity index (χ3n) is 4.23. The van der Waals surface area contributed by atoms with Gasteiger partial charge in [-0.3, -0.25) is 0 Å². The quantitative estimate of drug-likeness (QED) is 0.427. The summed E-state index contributed by atoms with van der Waals surface area (Å²) in [5.41, 5.74) is 3.66. The van der Waals surface area contributed by atoms with Crippen LogP contribution in [0.4, 0.5) is 0 Å². The number of phenolic OH excluding ortho intramolecular Hbond substituents is 1. The monoisotopic (exact) mass is 342 g/mol. The lowest BCUT2D eigenvalue weighted by Gasteiger charge is -2.11. The fraction of sp³-hybridized carbons (Fsp3) is 0.0435. The molecule has 0 saturated carbocycles. The van der Waals surface area contributed by atoms with Gasteiger partial charge in [-0.15, -0.1) is 11.8 Å². The number of hydrogen-bond donors (Lipinski definition) is 1. The van der Waals surface area contributed by atoms with Gasteiger partial charge in [-0.2, -0.15) is 0 Å². The average Bonchev–Trinajstić information content (AvgIpc) is 2.67. The molecule has 0 fully saturated rings. The van der Waals surface area contributed by atoms with E-state index in [4.69, 9.17) is 0 Å². The first-order valence-corrected chi connectivity index (χ1v) is 9.27. The highest BCUT2D eigenvalue weighted by molar-refractivity contribution is 7.98. The van der Waals surface area contributed by atoms with Crippen molar-refractivity contribution in [1.82, 2.24) is 0 Å². The van der Waals surface area contributed by atoms with Crippen molar-refractivity contribution in [2.24, 2.45) is 0 Å². The summed E-state index contributed by atoms with van der Waals surface area (Å²) < 4.78 is 0. The zero-order valence-electron chi connectivity index (χ0n) is 13.7. The van der Waals surface area contributed by atoms with Crippen molar-refractivity contribution in [3.05, 3.63) is 96.6 Å². The fourth-order valence-corrected chi connectivity index (χ4v) is 3.89. The minimum atomic E-state index is 0.305. The van der Waals surface area contributed by atoms with E-state index in [9.17, 15) is 5.11 Å². The molecule has 0 aliphatic heterocycles. The van der Waals surface area contributed by atoms with Crippen LogP contribution in [0.2, 0.25) is 0 Å². The van der Waals surface area contributed by atoms with Crippen LogP contribution in [0.3, 0.4) is 0 Å². The summed E-state index contributed by atoms with van der Waals surface area (Å²) in [4.78, 5) is 1.26. The molecule has 0 aliphatic rings. The van der Waals surface area contributed by atoms with Crippen molar-refractivity contribution in [3.8, 4) is 16.9 Å². The van der Waals surface area contributed by atoms with Crippen LogP contribution in [0.5, 0.6) is 5.75 Å². The summed E-state index contributed by atoms with van der Waals surface area (Å²) in [6, 6.07) is 30.9. The third kappa shape index (κ3) is 3.54. The van der Waals surface area contributed by atoms with Gasteiger partial charge in [0, 0.05) is 10.6 Å². The molecular formula is C23H18OS. The second-order valence-electron chi connectivity index (χ2n) is 6.02. The van der Waals surface area contributed by atoms with Crippen LogP contribution in [0.25, 0.3) is 21.9 Å². The van der Waals surface area contributed by atoms with E-state index in [0.29, 0.717) is 5.75 Å². The molecule has 1 nitrogen and oxygen atoms in total. The number of benzene rings is 4. The van der Waals surface area contributed by atoms with Crippen molar-refractivity contribution in [1.29, 1.82) is 0 Å². The molecule has 4 aromatic carbocycles. The van der Waals surface area contributed by atoms with Crippen LogP contribution >= 0.6 is 11.8 Å². The molecule has 0 unspecified atom stereocenters. The van der Waals surface area contributed by atoms with Crippen LogP contribution in [-0.4, -0.2) is 5.11 Å². The Balaban J connectivity index is 1.77. The normalized spacial score (nSPS) is 10.9. The zero-order chi connectivity index (χ0) is 17.1. The molecule has 4 rings (SSSR count). The maximum atomic E-state index is 9.89. The first kappa shape index (κ1) is 15.8. The molecule has 0 atom stereocenters. The van der Waals surface area contributed by atoms with E-state index in [2.05, 4.69) is 60.7 Å². The summed E-state index contributed by atoms with van der Waals surface area (Å²) in [5.74, 6) is 1.20. The first-order chi connectivity index (χ1) is 12.3. The summed E-state index contributed by atoms with van der Waals surface area (Å²) >= 11 is 1.83. The summed E-state index contributed by atoms with van der Waals surface area (Å²) in [6.45, 7) is 0. The van der Waals surface area contributed by atoms with E-state index in [0.717, 1.165) is 16.5 Å². The minimum absolute atomic E-state index is 0.305. The molecule has 0 heterocycles. The van der Waals surface area contributed by atoms with Gasteiger partial charge in [-0.05, 0) is 57.8 Å². The third-order valence-corrected chi connectivity index (χ3v) is 5.31. The van der Waals surface area contributed by atoms with E-state index in [-0.39, 0.29) is 0 Å². The first-order valence-electron chi connectivity index (χ1n) is 8.28. The maximum Gasteiger partial charge on any atom is 0.116 e. The Morgan fingerprint density at radius 3 is 2.20 bits per heavy atom. The van der Waals surface area contributed by atoms with Gasteiger partial charge >= 0.3 is 0 Å². The van der Waals surface area contributed by atoms with Gasteiger partial charge in [0.25, 0.3) is 0 Å².